The number of rotatable bonds is 48. The van der Waals surface area contributed by atoms with Gasteiger partial charge in [0, 0.05) is 11.5 Å². The number of hydrogen-bond donors (Lipinski definition) is 0. The molecule has 1 rings (SSSR count). The molecule has 1 aromatic carbocycles. The van der Waals surface area contributed by atoms with E-state index in [0.717, 1.165) is 42.1 Å². The number of carbonyl (C=O) groups is 4. The maximum atomic E-state index is 12.1. The molecule has 0 bridgehead atoms. The predicted molar refractivity (Wildman–Crippen MR) is 266 cm³/mol. The molecule has 1 unspecified atom stereocenters. The van der Waals surface area contributed by atoms with Gasteiger partial charge in [0.1, 0.15) is 19.8 Å². The van der Waals surface area contributed by atoms with Gasteiger partial charge in [-0.1, -0.05) is 144 Å². The van der Waals surface area contributed by atoms with Crippen LogP contribution in [0.4, 0.5) is 0 Å². The van der Waals surface area contributed by atoms with Crippen molar-refractivity contribution in [3.63, 3.8) is 0 Å². The summed E-state index contributed by atoms with van der Waals surface area (Å²) in [7, 11) is 3.61. The van der Waals surface area contributed by atoms with Gasteiger partial charge in [-0.05, 0) is 35.7 Å². The van der Waals surface area contributed by atoms with Crippen molar-refractivity contribution in [2.45, 2.75) is 130 Å². The first-order valence-electron chi connectivity index (χ1n) is 24.9. The molecule has 3 atom stereocenters. The van der Waals surface area contributed by atoms with E-state index in [0.29, 0.717) is 72.0 Å². The second kappa shape index (κ2) is 46.0. The van der Waals surface area contributed by atoms with Crippen LogP contribution in [0.25, 0.3) is 0 Å². The van der Waals surface area contributed by atoms with Crippen molar-refractivity contribution in [2.75, 3.05) is 111 Å². The first-order valence-corrected chi connectivity index (χ1v) is 27.4. The SMILES string of the molecule is CC(C)CCC[C@@H](C)CCC[C@@H](C)CCCC(C)CCOC(=O)CCC(=O)OCCOCCOCCOCCOC(=O)CCC(=O)OCCOCCOCCOCCSSCc1ccccc1. The van der Waals surface area contributed by atoms with E-state index in [1.165, 1.54) is 56.9 Å². The molecule has 0 aliphatic rings. The first-order chi connectivity index (χ1) is 32.5. The quantitative estimate of drug-likeness (QED) is 0.0262. The van der Waals surface area contributed by atoms with Crippen molar-refractivity contribution in [1.82, 2.24) is 0 Å². The number of benzene rings is 1. The van der Waals surface area contributed by atoms with Gasteiger partial charge < -0.3 is 47.4 Å². The molecule has 14 nitrogen and oxygen atoms in total. The molecule has 0 spiro atoms. The lowest BCUT2D eigenvalue weighted by Gasteiger charge is -2.16. The van der Waals surface area contributed by atoms with Crippen LogP contribution in [0.3, 0.4) is 0 Å². The molecule has 0 aromatic heterocycles. The summed E-state index contributed by atoms with van der Waals surface area (Å²) in [5, 5.41) is 0. The summed E-state index contributed by atoms with van der Waals surface area (Å²) in [6, 6.07) is 10.4. The lowest BCUT2D eigenvalue weighted by molar-refractivity contribution is -0.152. The third-order valence-electron chi connectivity index (χ3n) is 10.6. The minimum Gasteiger partial charge on any atom is -0.466 e. The van der Waals surface area contributed by atoms with E-state index in [1.54, 1.807) is 10.8 Å². The largest absolute Gasteiger partial charge is 0.466 e. The van der Waals surface area contributed by atoms with Crippen LogP contribution in [0, 0.1) is 23.7 Å². The molecule has 0 heterocycles. The summed E-state index contributed by atoms with van der Waals surface area (Å²) >= 11 is 0. The van der Waals surface area contributed by atoms with Crippen molar-refractivity contribution in [2.24, 2.45) is 23.7 Å². The van der Waals surface area contributed by atoms with Gasteiger partial charge in [0.2, 0.25) is 0 Å². The van der Waals surface area contributed by atoms with Crippen LogP contribution < -0.4 is 0 Å². The maximum absolute atomic E-state index is 12.1. The van der Waals surface area contributed by atoms with Crippen LogP contribution in [0.2, 0.25) is 0 Å². The van der Waals surface area contributed by atoms with Crippen LogP contribution in [-0.2, 0) is 72.3 Å². The van der Waals surface area contributed by atoms with E-state index in [4.69, 9.17) is 47.4 Å². The topological polar surface area (TPSA) is 161 Å². The summed E-state index contributed by atoms with van der Waals surface area (Å²) in [4.78, 5) is 47.9. The first kappa shape index (κ1) is 62.6. The highest BCUT2D eigenvalue weighted by Gasteiger charge is 2.13. The van der Waals surface area contributed by atoms with Crippen LogP contribution in [0.1, 0.15) is 130 Å². The lowest BCUT2D eigenvalue weighted by atomic mass is 9.91. The predicted octanol–water partition coefficient (Wildman–Crippen LogP) is 9.87. The third-order valence-corrected chi connectivity index (χ3v) is 12.9. The molecule has 0 saturated heterocycles. The number of carbonyl (C=O) groups excluding carboxylic acids is 4. The maximum Gasteiger partial charge on any atom is 0.306 e. The fraction of sp³-hybridized carbons (Fsp3) is 0.804. The van der Waals surface area contributed by atoms with Crippen molar-refractivity contribution >= 4 is 45.5 Å². The smallest absolute Gasteiger partial charge is 0.306 e. The van der Waals surface area contributed by atoms with Gasteiger partial charge in [-0.3, -0.25) is 19.2 Å². The number of esters is 4. The van der Waals surface area contributed by atoms with Crippen molar-refractivity contribution in [3.05, 3.63) is 35.9 Å². The van der Waals surface area contributed by atoms with Crippen molar-refractivity contribution in [3.8, 4) is 0 Å². The van der Waals surface area contributed by atoms with E-state index >= 15 is 0 Å². The molecular formula is C51H88O14S2. The molecule has 16 heteroatoms. The second-order valence-electron chi connectivity index (χ2n) is 17.4. The highest BCUT2D eigenvalue weighted by molar-refractivity contribution is 8.76. The van der Waals surface area contributed by atoms with Gasteiger partial charge in [-0.25, -0.2) is 0 Å². The molecule has 0 radical (unpaired) electrons. The van der Waals surface area contributed by atoms with Crippen LogP contribution in [-0.4, -0.2) is 135 Å². The summed E-state index contributed by atoms with van der Waals surface area (Å²) in [6.45, 7) is 16.6. The fourth-order valence-electron chi connectivity index (χ4n) is 6.57. The van der Waals surface area contributed by atoms with Gasteiger partial charge in [0.05, 0.1) is 112 Å². The zero-order chi connectivity index (χ0) is 48.8. The average molecular weight is 989 g/mol. The molecule has 0 amide bonds. The van der Waals surface area contributed by atoms with E-state index in [-0.39, 0.29) is 71.3 Å². The van der Waals surface area contributed by atoms with E-state index in [2.05, 4.69) is 58.9 Å². The molecule has 388 valence electrons. The van der Waals surface area contributed by atoms with Gasteiger partial charge >= 0.3 is 23.9 Å². The molecule has 0 N–H and O–H groups in total. The summed E-state index contributed by atoms with van der Waals surface area (Å²) in [6.07, 6.45) is 12.3. The van der Waals surface area contributed by atoms with Gasteiger partial charge in [-0.2, -0.15) is 0 Å². The summed E-state index contributed by atoms with van der Waals surface area (Å²) in [5.41, 5.74) is 1.32. The third kappa shape index (κ3) is 44.5. The summed E-state index contributed by atoms with van der Waals surface area (Å²) in [5.74, 6) is 2.93. The average Bonchev–Trinajstić information content (AvgIpc) is 3.30. The standard InChI is InChI=1S/C51H88O14S2/c1-43(2)12-9-13-44(3)14-10-15-45(4)16-11-17-46(5)24-25-62-48(52)20-21-49(53)63-37-34-58-29-26-56-27-30-59-35-38-64-50(54)22-23-51(55)65-39-36-60-31-28-57-32-33-61-40-41-66-67-42-47-18-7-6-8-19-47/h6-8,18-19,43-46H,9-17,20-42H2,1-5H3/t44-,45-,46?/m1/s1. The Morgan fingerprint density at radius 1 is 0.388 bits per heavy atom. The number of ether oxygens (including phenoxy) is 10. The Hall–Kier alpha value is -2.44. The van der Waals surface area contributed by atoms with Gasteiger partial charge in [0.15, 0.2) is 0 Å². The molecule has 0 aliphatic heterocycles. The Morgan fingerprint density at radius 3 is 1.10 bits per heavy atom. The monoisotopic (exact) mass is 989 g/mol. The molecule has 67 heavy (non-hydrogen) atoms. The normalized spacial score (nSPS) is 12.7. The van der Waals surface area contributed by atoms with Gasteiger partial charge in [-0.15, -0.1) is 0 Å². The molecule has 1 aromatic rings. The van der Waals surface area contributed by atoms with Crippen LogP contribution in [0.15, 0.2) is 30.3 Å². The highest BCUT2D eigenvalue weighted by Crippen LogP contribution is 2.25. The molecular weight excluding hydrogens is 901 g/mol. The lowest BCUT2D eigenvalue weighted by Crippen LogP contribution is -2.17. The minimum absolute atomic E-state index is 0.000287. The summed E-state index contributed by atoms with van der Waals surface area (Å²) < 4.78 is 53.4. The number of hydrogen-bond acceptors (Lipinski definition) is 16. The zero-order valence-electron chi connectivity index (χ0n) is 41.9. The van der Waals surface area contributed by atoms with E-state index in [9.17, 15) is 19.2 Å². The minimum atomic E-state index is -0.514. The van der Waals surface area contributed by atoms with Crippen LogP contribution >= 0.6 is 21.6 Å². The fourth-order valence-corrected chi connectivity index (χ4v) is 8.50. The Balaban J connectivity index is 1.80. The van der Waals surface area contributed by atoms with Crippen molar-refractivity contribution < 1.29 is 66.5 Å². The Bertz CT molecular complexity index is 1320. The zero-order valence-corrected chi connectivity index (χ0v) is 43.5. The van der Waals surface area contributed by atoms with E-state index in [1.807, 2.05) is 16.9 Å². The van der Waals surface area contributed by atoms with Crippen molar-refractivity contribution in [1.29, 1.82) is 0 Å². The van der Waals surface area contributed by atoms with Gasteiger partial charge in [0.25, 0.3) is 0 Å². The molecule has 0 saturated carbocycles. The van der Waals surface area contributed by atoms with Crippen LogP contribution in [0.5, 0.6) is 0 Å². The second-order valence-corrected chi connectivity index (χ2v) is 20.0. The highest BCUT2D eigenvalue weighted by atomic mass is 33.1. The van der Waals surface area contributed by atoms with E-state index < -0.39 is 17.9 Å². The Labute approximate surface area is 411 Å². The molecule has 0 fully saturated rings. The molecule has 0 aliphatic carbocycles. The Morgan fingerprint density at radius 2 is 0.716 bits per heavy atom. The Kier molecular flexibility index (Phi) is 42.9.